The van der Waals surface area contributed by atoms with Crippen LogP contribution in [0.4, 0.5) is 5.82 Å². The van der Waals surface area contributed by atoms with Crippen molar-refractivity contribution in [2.75, 3.05) is 18.4 Å². The molecular weight excluding hydrogens is 352 g/mol. The number of hydrogen-bond donors (Lipinski definition) is 2. The smallest absolute Gasteiger partial charge is 0.222 e. The number of amides is 1. The average molecular weight is 380 g/mol. The van der Waals surface area contributed by atoms with Crippen molar-refractivity contribution in [3.8, 4) is 5.69 Å². The quantitative estimate of drug-likeness (QED) is 0.584. The van der Waals surface area contributed by atoms with Crippen LogP contribution in [-0.2, 0) is 4.79 Å². The third-order valence-electron chi connectivity index (χ3n) is 4.74. The van der Waals surface area contributed by atoms with Gasteiger partial charge in [-0.05, 0) is 18.6 Å². The monoisotopic (exact) mass is 380 g/mol. The molecule has 0 spiro atoms. The summed E-state index contributed by atoms with van der Waals surface area (Å²) >= 11 is 0. The maximum Gasteiger partial charge on any atom is 0.222 e. The second-order valence-corrected chi connectivity index (χ2v) is 7.24. The van der Waals surface area contributed by atoms with Crippen molar-refractivity contribution >= 4 is 22.8 Å². The van der Waals surface area contributed by atoms with Crippen molar-refractivity contribution in [1.82, 2.24) is 25.1 Å². The molecule has 1 amide bonds. The number of benzene rings is 1. The Labute approximate surface area is 165 Å². The van der Waals surface area contributed by atoms with Crippen molar-refractivity contribution in [1.29, 1.82) is 0 Å². The van der Waals surface area contributed by atoms with Gasteiger partial charge in [0.15, 0.2) is 5.65 Å². The number of fused-ring (bicyclic) bond motifs is 1. The maximum absolute atomic E-state index is 11.7. The van der Waals surface area contributed by atoms with Gasteiger partial charge in [-0.3, -0.25) is 4.79 Å². The SMILES string of the molecule is CC[C@@H](C)c1nc(NCCNC(=O)C(C)C)c2cnn(-c3ccccc3)c2n1. The van der Waals surface area contributed by atoms with Crippen LogP contribution in [0, 0.1) is 5.92 Å². The number of rotatable bonds is 8. The van der Waals surface area contributed by atoms with Crippen molar-refractivity contribution in [2.45, 2.75) is 40.0 Å². The van der Waals surface area contributed by atoms with Gasteiger partial charge in [0.1, 0.15) is 11.6 Å². The molecule has 0 saturated heterocycles. The van der Waals surface area contributed by atoms with E-state index in [1.165, 1.54) is 0 Å². The fourth-order valence-electron chi connectivity index (χ4n) is 2.79. The second-order valence-electron chi connectivity index (χ2n) is 7.24. The van der Waals surface area contributed by atoms with E-state index in [0.717, 1.165) is 34.8 Å². The summed E-state index contributed by atoms with van der Waals surface area (Å²) in [5.74, 6) is 1.81. The Morgan fingerprint density at radius 3 is 2.54 bits per heavy atom. The van der Waals surface area contributed by atoms with Crippen LogP contribution in [-0.4, -0.2) is 38.7 Å². The van der Waals surface area contributed by atoms with E-state index in [4.69, 9.17) is 9.97 Å². The molecular formula is C21H28N6O. The van der Waals surface area contributed by atoms with Crippen LogP contribution in [0.5, 0.6) is 0 Å². The van der Waals surface area contributed by atoms with E-state index in [1.807, 2.05) is 48.9 Å². The van der Waals surface area contributed by atoms with Crippen LogP contribution in [0.2, 0.25) is 0 Å². The maximum atomic E-state index is 11.7. The fourth-order valence-corrected chi connectivity index (χ4v) is 2.79. The van der Waals surface area contributed by atoms with Crippen LogP contribution in [0.3, 0.4) is 0 Å². The van der Waals surface area contributed by atoms with Gasteiger partial charge in [0.2, 0.25) is 5.91 Å². The first-order chi connectivity index (χ1) is 13.5. The van der Waals surface area contributed by atoms with Gasteiger partial charge in [-0.1, -0.05) is 45.9 Å². The summed E-state index contributed by atoms with van der Waals surface area (Å²) in [6.07, 6.45) is 2.74. The average Bonchev–Trinajstić information content (AvgIpc) is 3.14. The molecule has 7 nitrogen and oxygen atoms in total. The molecule has 1 aromatic carbocycles. The Hall–Kier alpha value is -2.96. The van der Waals surface area contributed by atoms with Gasteiger partial charge in [0.05, 0.1) is 17.3 Å². The number of carbonyl (C=O) groups excluding carboxylic acids is 1. The summed E-state index contributed by atoms with van der Waals surface area (Å²) in [6, 6.07) is 9.96. The molecule has 1 atom stereocenters. The van der Waals surface area contributed by atoms with Crippen LogP contribution in [0.1, 0.15) is 45.9 Å². The van der Waals surface area contributed by atoms with Gasteiger partial charge in [-0.2, -0.15) is 5.10 Å². The van der Waals surface area contributed by atoms with Gasteiger partial charge in [-0.15, -0.1) is 0 Å². The van der Waals surface area contributed by atoms with Crippen molar-refractivity contribution in [3.63, 3.8) is 0 Å². The number of anilines is 1. The molecule has 0 unspecified atom stereocenters. The van der Waals surface area contributed by atoms with Crippen LogP contribution in [0.15, 0.2) is 36.5 Å². The first kappa shape index (κ1) is 19.8. The van der Waals surface area contributed by atoms with E-state index < -0.39 is 0 Å². The van der Waals surface area contributed by atoms with Crippen LogP contribution in [0.25, 0.3) is 16.7 Å². The molecule has 3 rings (SSSR count). The predicted molar refractivity (Wildman–Crippen MR) is 112 cm³/mol. The van der Waals surface area contributed by atoms with E-state index in [9.17, 15) is 4.79 Å². The number of para-hydroxylation sites is 1. The van der Waals surface area contributed by atoms with Crippen LogP contribution >= 0.6 is 0 Å². The standard InChI is InChI=1S/C21H28N6O/c1-5-15(4)18-25-19(22-11-12-23-21(28)14(2)3)17-13-24-27(20(17)26-18)16-9-7-6-8-10-16/h6-10,13-15H,5,11-12H2,1-4H3,(H,23,28)(H,22,25,26)/t15-/m1/s1. The number of nitrogens with zero attached hydrogens (tertiary/aromatic N) is 4. The molecule has 28 heavy (non-hydrogen) atoms. The molecule has 0 aliphatic carbocycles. The zero-order chi connectivity index (χ0) is 20.1. The lowest BCUT2D eigenvalue weighted by Crippen LogP contribution is -2.32. The summed E-state index contributed by atoms with van der Waals surface area (Å²) in [4.78, 5) is 21.3. The minimum absolute atomic E-state index is 0.0214. The van der Waals surface area contributed by atoms with Gasteiger partial charge in [0, 0.05) is 24.9 Å². The lowest BCUT2D eigenvalue weighted by atomic mass is 10.1. The number of hydrogen-bond acceptors (Lipinski definition) is 5. The van der Waals surface area contributed by atoms with E-state index in [-0.39, 0.29) is 17.7 Å². The Bertz CT molecular complexity index is 935. The topological polar surface area (TPSA) is 84.7 Å². The molecule has 7 heteroatoms. The van der Waals surface area contributed by atoms with Gasteiger partial charge in [-0.25, -0.2) is 14.6 Å². The largest absolute Gasteiger partial charge is 0.368 e. The molecule has 3 aromatic rings. The zero-order valence-corrected chi connectivity index (χ0v) is 16.9. The lowest BCUT2D eigenvalue weighted by molar-refractivity contribution is -0.123. The predicted octanol–water partition coefficient (Wildman–Crippen LogP) is 3.51. The molecule has 0 saturated carbocycles. The van der Waals surface area contributed by atoms with E-state index in [0.29, 0.717) is 13.1 Å². The van der Waals surface area contributed by atoms with Gasteiger partial charge < -0.3 is 10.6 Å². The summed E-state index contributed by atoms with van der Waals surface area (Å²) in [7, 11) is 0. The summed E-state index contributed by atoms with van der Waals surface area (Å²) < 4.78 is 1.84. The Kier molecular flexibility index (Phi) is 6.23. The highest BCUT2D eigenvalue weighted by molar-refractivity contribution is 5.87. The first-order valence-electron chi connectivity index (χ1n) is 9.84. The van der Waals surface area contributed by atoms with E-state index in [1.54, 1.807) is 6.20 Å². The molecule has 0 aliphatic heterocycles. The van der Waals surface area contributed by atoms with E-state index in [2.05, 4.69) is 29.6 Å². The normalized spacial score (nSPS) is 12.3. The Balaban J connectivity index is 1.90. The Morgan fingerprint density at radius 1 is 1.11 bits per heavy atom. The van der Waals surface area contributed by atoms with E-state index >= 15 is 0 Å². The first-order valence-corrected chi connectivity index (χ1v) is 9.84. The molecule has 2 heterocycles. The summed E-state index contributed by atoms with van der Waals surface area (Å²) in [6.45, 7) is 9.13. The summed E-state index contributed by atoms with van der Waals surface area (Å²) in [5.41, 5.74) is 1.74. The second kappa shape index (κ2) is 8.82. The number of aromatic nitrogens is 4. The minimum atomic E-state index is -0.0214. The highest BCUT2D eigenvalue weighted by Gasteiger charge is 2.16. The molecule has 0 radical (unpaired) electrons. The van der Waals surface area contributed by atoms with Gasteiger partial charge >= 0.3 is 0 Å². The molecule has 0 aliphatic rings. The molecule has 2 aromatic heterocycles. The van der Waals surface area contributed by atoms with Crippen molar-refractivity contribution in [3.05, 3.63) is 42.4 Å². The highest BCUT2D eigenvalue weighted by atomic mass is 16.1. The fraction of sp³-hybridized carbons (Fsp3) is 0.429. The lowest BCUT2D eigenvalue weighted by Gasteiger charge is -2.13. The third kappa shape index (κ3) is 4.30. The summed E-state index contributed by atoms with van der Waals surface area (Å²) in [5, 5.41) is 11.7. The molecule has 2 N–H and O–H groups in total. The molecule has 0 fully saturated rings. The number of carbonyl (C=O) groups is 1. The highest BCUT2D eigenvalue weighted by Crippen LogP contribution is 2.26. The van der Waals surface area contributed by atoms with Gasteiger partial charge in [0.25, 0.3) is 0 Å². The Morgan fingerprint density at radius 2 is 1.86 bits per heavy atom. The third-order valence-corrected chi connectivity index (χ3v) is 4.74. The minimum Gasteiger partial charge on any atom is -0.368 e. The molecule has 148 valence electrons. The van der Waals surface area contributed by atoms with Crippen molar-refractivity contribution < 1.29 is 4.79 Å². The number of nitrogens with one attached hydrogen (secondary N) is 2. The molecule has 0 bridgehead atoms. The zero-order valence-electron chi connectivity index (χ0n) is 16.9. The van der Waals surface area contributed by atoms with Crippen molar-refractivity contribution in [2.24, 2.45) is 5.92 Å². The van der Waals surface area contributed by atoms with Crippen LogP contribution < -0.4 is 10.6 Å².